The van der Waals surface area contributed by atoms with E-state index in [0.29, 0.717) is 6.42 Å². The van der Waals surface area contributed by atoms with E-state index in [9.17, 15) is 19.2 Å². The summed E-state index contributed by atoms with van der Waals surface area (Å²) < 4.78 is 0. The van der Waals surface area contributed by atoms with Crippen molar-refractivity contribution >= 4 is 36.3 Å². The van der Waals surface area contributed by atoms with Crippen molar-refractivity contribution in [2.45, 2.75) is 51.2 Å². The average molecular weight is 362 g/mol. The molecular formula is C14H26N4O5S. The van der Waals surface area contributed by atoms with Gasteiger partial charge < -0.3 is 27.2 Å². The molecule has 0 heterocycles. The van der Waals surface area contributed by atoms with Gasteiger partial charge in [-0.05, 0) is 12.3 Å². The molecule has 7 N–H and O–H groups in total. The second-order valence-corrected chi connectivity index (χ2v) is 5.93. The summed E-state index contributed by atoms with van der Waals surface area (Å²) in [6.07, 6.45) is 0.267. The number of carboxylic acid groups (broad SMARTS) is 1. The van der Waals surface area contributed by atoms with E-state index in [-0.39, 0.29) is 24.5 Å². The molecule has 0 aromatic heterocycles. The number of nitrogens with one attached hydrogen (secondary N) is 2. The van der Waals surface area contributed by atoms with Gasteiger partial charge in [0.15, 0.2) is 0 Å². The van der Waals surface area contributed by atoms with Gasteiger partial charge >= 0.3 is 5.97 Å². The number of carbonyl (C=O) groups excluding carboxylic acids is 3. The normalized spacial score (nSPS) is 15.7. The summed E-state index contributed by atoms with van der Waals surface area (Å²) in [6.45, 7) is 3.58. The molecule has 0 saturated heterocycles. The molecule has 0 saturated carbocycles. The Morgan fingerprint density at radius 3 is 2.17 bits per heavy atom. The first kappa shape index (κ1) is 22.2. The molecule has 24 heavy (non-hydrogen) atoms. The van der Waals surface area contributed by atoms with E-state index in [1.165, 1.54) is 0 Å². The molecule has 0 fully saturated rings. The topological polar surface area (TPSA) is 165 Å². The minimum absolute atomic E-state index is 0.108. The number of thiol groups is 1. The van der Waals surface area contributed by atoms with E-state index in [1.54, 1.807) is 6.92 Å². The van der Waals surface area contributed by atoms with Crippen LogP contribution in [0.1, 0.15) is 33.1 Å². The number of amides is 3. The van der Waals surface area contributed by atoms with Gasteiger partial charge in [-0.1, -0.05) is 20.3 Å². The Balaban J connectivity index is 5.05. The summed E-state index contributed by atoms with van der Waals surface area (Å²) in [5, 5.41) is 14.0. The molecule has 9 nitrogen and oxygen atoms in total. The molecule has 0 aliphatic rings. The lowest BCUT2D eigenvalue weighted by Gasteiger charge is -2.26. The van der Waals surface area contributed by atoms with Crippen LogP contribution in [0.4, 0.5) is 0 Å². The van der Waals surface area contributed by atoms with E-state index < -0.39 is 41.8 Å². The molecular weight excluding hydrogens is 336 g/mol. The summed E-state index contributed by atoms with van der Waals surface area (Å²) in [6, 6.07) is -3.09. The van der Waals surface area contributed by atoms with Crippen LogP contribution in [0.15, 0.2) is 0 Å². The number of hydrogen-bond acceptors (Lipinski definition) is 6. The van der Waals surface area contributed by atoms with Gasteiger partial charge in [-0.2, -0.15) is 12.6 Å². The monoisotopic (exact) mass is 362 g/mol. The number of aliphatic carboxylic acids is 1. The Kier molecular flexibility index (Phi) is 10.0. The number of primary amides is 1. The molecule has 0 aromatic carbocycles. The quantitative estimate of drug-likeness (QED) is 0.248. The molecule has 10 heteroatoms. The summed E-state index contributed by atoms with van der Waals surface area (Å²) in [7, 11) is 0. The lowest BCUT2D eigenvalue weighted by molar-refractivity contribution is -0.142. The Hall–Kier alpha value is -1.81. The third-order valence-electron chi connectivity index (χ3n) is 3.62. The van der Waals surface area contributed by atoms with Gasteiger partial charge in [-0.15, -0.1) is 0 Å². The SMILES string of the molecule is CC[C@H](C)[C@H](NC(=O)[C@@H](N)CS)C(=O)N[C@@H](CCC(N)=O)C(=O)O. The largest absolute Gasteiger partial charge is 0.480 e. The van der Waals surface area contributed by atoms with E-state index >= 15 is 0 Å². The number of hydrogen-bond donors (Lipinski definition) is 6. The van der Waals surface area contributed by atoms with Gasteiger partial charge in [0.2, 0.25) is 17.7 Å². The van der Waals surface area contributed by atoms with Crippen molar-refractivity contribution in [2.24, 2.45) is 17.4 Å². The highest BCUT2D eigenvalue weighted by atomic mass is 32.1. The fourth-order valence-electron chi connectivity index (χ4n) is 1.85. The highest BCUT2D eigenvalue weighted by molar-refractivity contribution is 7.80. The Bertz CT molecular complexity index is 474. The first-order valence-electron chi connectivity index (χ1n) is 7.62. The fraction of sp³-hybridized carbons (Fsp3) is 0.714. The molecule has 0 unspecified atom stereocenters. The Labute approximate surface area is 146 Å². The minimum atomic E-state index is -1.29. The Morgan fingerprint density at radius 2 is 1.75 bits per heavy atom. The summed E-state index contributed by atoms with van der Waals surface area (Å²) in [5.74, 6) is -3.29. The van der Waals surface area contributed by atoms with Gasteiger partial charge in [-0.3, -0.25) is 14.4 Å². The maximum Gasteiger partial charge on any atom is 0.326 e. The lowest BCUT2D eigenvalue weighted by atomic mass is 9.97. The summed E-state index contributed by atoms with van der Waals surface area (Å²) >= 11 is 3.93. The zero-order valence-corrected chi connectivity index (χ0v) is 14.7. The van der Waals surface area contributed by atoms with Crippen LogP contribution in [0.5, 0.6) is 0 Å². The van der Waals surface area contributed by atoms with Crippen molar-refractivity contribution in [3.63, 3.8) is 0 Å². The fourth-order valence-corrected chi connectivity index (χ4v) is 2.02. The third kappa shape index (κ3) is 7.64. The van der Waals surface area contributed by atoms with Gasteiger partial charge in [0, 0.05) is 12.2 Å². The highest BCUT2D eigenvalue weighted by Crippen LogP contribution is 2.09. The minimum Gasteiger partial charge on any atom is -0.480 e. The summed E-state index contributed by atoms with van der Waals surface area (Å²) in [4.78, 5) is 46.3. The maximum atomic E-state index is 12.4. The number of rotatable bonds is 11. The molecule has 0 radical (unpaired) electrons. The number of carbonyl (C=O) groups is 4. The first-order valence-corrected chi connectivity index (χ1v) is 8.25. The molecule has 0 rings (SSSR count). The van der Waals surface area contributed by atoms with E-state index in [0.717, 1.165) is 0 Å². The van der Waals surface area contributed by atoms with Gasteiger partial charge in [0.05, 0.1) is 6.04 Å². The molecule has 0 bridgehead atoms. The van der Waals surface area contributed by atoms with Gasteiger partial charge in [0.25, 0.3) is 0 Å². The Morgan fingerprint density at radius 1 is 1.17 bits per heavy atom. The lowest BCUT2D eigenvalue weighted by Crippen LogP contribution is -2.57. The van der Waals surface area contributed by atoms with Crippen molar-refractivity contribution in [3.8, 4) is 0 Å². The van der Waals surface area contributed by atoms with Gasteiger partial charge in [-0.25, -0.2) is 4.79 Å². The van der Waals surface area contributed by atoms with Crippen LogP contribution < -0.4 is 22.1 Å². The standard InChI is InChI=1S/C14H26N4O5S/c1-3-7(2)11(18-12(20)8(15)6-24)13(21)17-9(14(22)23)4-5-10(16)19/h7-9,11,24H,3-6,15H2,1-2H3,(H2,16,19)(H,17,21)(H,18,20)(H,22,23)/t7-,8-,9-,11-/m0/s1. The van der Waals surface area contributed by atoms with Crippen molar-refractivity contribution in [1.82, 2.24) is 10.6 Å². The maximum absolute atomic E-state index is 12.4. The van der Waals surface area contributed by atoms with Crippen molar-refractivity contribution < 1.29 is 24.3 Å². The molecule has 4 atom stereocenters. The molecule has 3 amide bonds. The van der Waals surface area contributed by atoms with Crippen molar-refractivity contribution in [1.29, 1.82) is 0 Å². The number of nitrogens with two attached hydrogens (primary N) is 2. The summed E-state index contributed by atoms with van der Waals surface area (Å²) in [5.41, 5.74) is 10.6. The van der Waals surface area contributed by atoms with E-state index in [2.05, 4.69) is 23.3 Å². The smallest absolute Gasteiger partial charge is 0.326 e. The van der Waals surface area contributed by atoms with Crippen LogP contribution >= 0.6 is 12.6 Å². The molecule has 0 aromatic rings. The van der Waals surface area contributed by atoms with Crippen LogP contribution in [0.2, 0.25) is 0 Å². The predicted molar refractivity (Wildman–Crippen MR) is 91.2 cm³/mol. The van der Waals surface area contributed by atoms with Crippen LogP contribution in [0, 0.1) is 5.92 Å². The number of carboxylic acids is 1. The second-order valence-electron chi connectivity index (χ2n) is 5.57. The average Bonchev–Trinajstić information content (AvgIpc) is 2.53. The molecule has 0 spiro atoms. The first-order chi connectivity index (χ1) is 11.1. The zero-order valence-electron chi connectivity index (χ0n) is 13.8. The van der Waals surface area contributed by atoms with Crippen molar-refractivity contribution in [2.75, 3.05) is 5.75 Å². The molecule has 138 valence electrons. The molecule has 0 aliphatic carbocycles. The molecule has 0 aliphatic heterocycles. The van der Waals surface area contributed by atoms with Gasteiger partial charge in [0.1, 0.15) is 12.1 Å². The van der Waals surface area contributed by atoms with Crippen LogP contribution in [-0.2, 0) is 19.2 Å². The highest BCUT2D eigenvalue weighted by Gasteiger charge is 2.30. The van der Waals surface area contributed by atoms with E-state index in [1.807, 2.05) is 6.92 Å². The third-order valence-corrected chi connectivity index (χ3v) is 4.01. The van der Waals surface area contributed by atoms with Crippen molar-refractivity contribution in [3.05, 3.63) is 0 Å². The zero-order chi connectivity index (χ0) is 18.9. The van der Waals surface area contributed by atoms with Crippen LogP contribution in [-0.4, -0.2) is 52.7 Å². The predicted octanol–water partition coefficient (Wildman–Crippen LogP) is -1.39. The van der Waals surface area contributed by atoms with Crippen LogP contribution in [0.3, 0.4) is 0 Å². The van der Waals surface area contributed by atoms with Crippen LogP contribution in [0.25, 0.3) is 0 Å². The van der Waals surface area contributed by atoms with E-state index in [4.69, 9.17) is 16.6 Å². The second kappa shape index (κ2) is 10.9.